The Morgan fingerprint density at radius 2 is 1.83 bits per heavy atom. The minimum absolute atomic E-state index is 0.347. The van der Waals surface area contributed by atoms with E-state index in [-0.39, 0.29) is 6.54 Å². The number of halogens is 2. The van der Waals surface area contributed by atoms with Crippen LogP contribution in [0.1, 0.15) is 18.6 Å². The summed E-state index contributed by atoms with van der Waals surface area (Å²) in [7, 11) is 0. The Morgan fingerprint density at radius 1 is 1.17 bits per heavy atom. The molecule has 2 rings (SSSR count). The lowest BCUT2D eigenvalue weighted by Gasteiger charge is -2.15. The zero-order valence-electron chi connectivity index (χ0n) is 13.1. The molecule has 1 atom stereocenters. The summed E-state index contributed by atoms with van der Waals surface area (Å²) in [5, 5.41) is 14.8. The molecule has 0 aromatic heterocycles. The molecule has 0 spiro atoms. The van der Waals surface area contributed by atoms with Crippen LogP contribution in [0.3, 0.4) is 0 Å². The Labute approximate surface area is 138 Å². The molecule has 0 aliphatic carbocycles. The molecule has 2 amide bonds. The molecule has 0 fully saturated rings. The van der Waals surface area contributed by atoms with Gasteiger partial charge in [-0.25, -0.2) is 13.6 Å². The molecule has 24 heavy (non-hydrogen) atoms. The maximum absolute atomic E-state index is 13.6. The molecule has 0 heterocycles. The number of urea groups is 1. The average molecular weight is 336 g/mol. The molecule has 2 aromatic rings. The van der Waals surface area contributed by atoms with Crippen LogP contribution in [0.2, 0.25) is 0 Å². The fraction of sp³-hybridized carbons (Fsp3) is 0.235. The Hall–Kier alpha value is -2.67. The van der Waals surface area contributed by atoms with Gasteiger partial charge in [0.25, 0.3) is 0 Å². The molecule has 0 aliphatic rings. The van der Waals surface area contributed by atoms with E-state index < -0.39 is 29.3 Å². The van der Waals surface area contributed by atoms with Gasteiger partial charge in [-0.3, -0.25) is 0 Å². The summed E-state index contributed by atoms with van der Waals surface area (Å²) in [6.45, 7) is 1.90. The highest BCUT2D eigenvalue weighted by Gasteiger charge is 2.18. The Bertz CT molecular complexity index is 690. The highest BCUT2D eigenvalue weighted by molar-refractivity contribution is 5.90. The van der Waals surface area contributed by atoms with Crippen molar-refractivity contribution in [2.24, 2.45) is 0 Å². The number of carbonyl (C=O) groups is 1. The SMILES string of the molecule is CCOc1ccccc1NC(=O)NCC(O)c1c(F)cccc1F. The number of aliphatic hydroxyl groups excluding tert-OH is 1. The van der Waals surface area contributed by atoms with Crippen molar-refractivity contribution in [1.82, 2.24) is 5.32 Å². The van der Waals surface area contributed by atoms with Crippen LogP contribution in [0, 0.1) is 11.6 Å². The van der Waals surface area contributed by atoms with Gasteiger partial charge in [0.05, 0.1) is 17.9 Å². The first-order chi connectivity index (χ1) is 11.5. The lowest BCUT2D eigenvalue weighted by atomic mass is 10.1. The van der Waals surface area contributed by atoms with E-state index in [1.54, 1.807) is 24.3 Å². The molecular weight excluding hydrogens is 318 g/mol. The second-order valence-electron chi connectivity index (χ2n) is 4.92. The van der Waals surface area contributed by atoms with Crippen molar-refractivity contribution in [2.45, 2.75) is 13.0 Å². The topological polar surface area (TPSA) is 70.6 Å². The van der Waals surface area contributed by atoms with Crippen molar-refractivity contribution >= 4 is 11.7 Å². The standard InChI is InChI=1S/C17H18F2N2O3/c1-2-24-15-9-4-3-8-13(15)21-17(23)20-10-14(22)16-11(18)6-5-7-12(16)19/h3-9,14,22H,2,10H2,1H3,(H2,20,21,23). The molecule has 2 aromatic carbocycles. The van der Waals surface area contributed by atoms with Crippen molar-refractivity contribution in [1.29, 1.82) is 0 Å². The predicted octanol–water partition coefficient (Wildman–Crippen LogP) is 3.22. The molecule has 7 heteroatoms. The summed E-state index contributed by atoms with van der Waals surface area (Å²) in [5.41, 5.74) is -0.0315. The molecule has 0 saturated heterocycles. The Balaban J connectivity index is 1.96. The molecule has 1 unspecified atom stereocenters. The van der Waals surface area contributed by atoms with Gasteiger partial charge in [0.1, 0.15) is 23.5 Å². The van der Waals surface area contributed by atoms with E-state index in [9.17, 15) is 18.7 Å². The number of amides is 2. The van der Waals surface area contributed by atoms with Gasteiger partial charge in [-0.1, -0.05) is 18.2 Å². The van der Waals surface area contributed by atoms with E-state index in [0.29, 0.717) is 18.0 Å². The third-order valence-corrected chi connectivity index (χ3v) is 3.22. The van der Waals surface area contributed by atoms with Gasteiger partial charge in [0, 0.05) is 6.54 Å². The van der Waals surface area contributed by atoms with Crippen LogP contribution in [0.25, 0.3) is 0 Å². The summed E-state index contributed by atoms with van der Waals surface area (Å²) in [6.07, 6.45) is -1.50. The number of para-hydroxylation sites is 2. The van der Waals surface area contributed by atoms with Gasteiger partial charge < -0.3 is 20.5 Å². The summed E-state index contributed by atoms with van der Waals surface area (Å²) < 4.78 is 32.5. The molecule has 3 N–H and O–H groups in total. The lowest BCUT2D eigenvalue weighted by Crippen LogP contribution is -2.33. The fourth-order valence-corrected chi connectivity index (χ4v) is 2.14. The largest absolute Gasteiger partial charge is 0.492 e. The minimum atomic E-state index is -1.50. The van der Waals surface area contributed by atoms with Crippen molar-refractivity contribution in [2.75, 3.05) is 18.5 Å². The van der Waals surface area contributed by atoms with Crippen LogP contribution in [0.15, 0.2) is 42.5 Å². The first-order valence-electron chi connectivity index (χ1n) is 7.41. The van der Waals surface area contributed by atoms with Crippen LogP contribution < -0.4 is 15.4 Å². The van der Waals surface area contributed by atoms with Gasteiger partial charge in [0.15, 0.2) is 0 Å². The second-order valence-corrected chi connectivity index (χ2v) is 4.92. The molecule has 128 valence electrons. The Morgan fingerprint density at radius 3 is 2.50 bits per heavy atom. The summed E-state index contributed by atoms with van der Waals surface area (Å²) in [6, 6.07) is 9.49. The molecule has 0 radical (unpaired) electrons. The maximum atomic E-state index is 13.6. The average Bonchev–Trinajstić information content (AvgIpc) is 2.55. The number of rotatable bonds is 6. The smallest absolute Gasteiger partial charge is 0.319 e. The van der Waals surface area contributed by atoms with Gasteiger partial charge >= 0.3 is 6.03 Å². The number of ether oxygens (including phenoxy) is 1. The zero-order chi connectivity index (χ0) is 17.5. The number of anilines is 1. The third kappa shape index (κ3) is 4.42. The fourth-order valence-electron chi connectivity index (χ4n) is 2.14. The quantitative estimate of drug-likeness (QED) is 0.758. The number of aliphatic hydroxyl groups is 1. The molecular formula is C17H18F2N2O3. The molecule has 5 nitrogen and oxygen atoms in total. The van der Waals surface area contributed by atoms with E-state index >= 15 is 0 Å². The lowest BCUT2D eigenvalue weighted by molar-refractivity contribution is 0.166. The number of benzene rings is 2. The van der Waals surface area contributed by atoms with Gasteiger partial charge in [-0.05, 0) is 31.2 Å². The molecule has 0 aliphatic heterocycles. The first-order valence-corrected chi connectivity index (χ1v) is 7.41. The zero-order valence-corrected chi connectivity index (χ0v) is 13.1. The number of nitrogens with one attached hydrogen (secondary N) is 2. The van der Waals surface area contributed by atoms with Crippen LogP contribution in [-0.4, -0.2) is 24.3 Å². The van der Waals surface area contributed by atoms with Gasteiger partial charge in [-0.15, -0.1) is 0 Å². The number of carbonyl (C=O) groups excluding carboxylic acids is 1. The normalized spacial score (nSPS) is 11.7. The second kappa shape index (κ2) is 8.26. The van der Waals surface area contributed by atoms with E-state index in [0.717, 1.165) is 12.1 Å². The van der Waals surface area contributed by atoms with Gasteiger partial charge in [-0.2, -0.15) is 0 Å². The highest BCUT2D eigenvalue weighted by Crippen LogP contribution is 2.24. The summed E-state index contributed by atoms with van der Waals surface area (Å²) in [4.78, 5) is 11.9. The van der Waals surface area contributed by atoms with Crippen LogP contribution in [0.5, 0.6) is 5.75 Å². The maximum Gasteiger partial charge on any atom is 0.319 e. The highest BCUT2D eigenvalue weighted by atomic mass is 19.1. The molecule has 0 saturated carbocycles. The van der Waals surface area contributed by atoms with E-state index in [1.165, 1.54) is 6.07 Å². The van der Waals surface area contributed by atoms with E-state index in [4.69, 9.17) is 4.74 Å². The summed E-state index contributed by atoms with van der Waals surface area (Å²) >= 11 is 0. The van der Waals surface area contributed by atoms with E-state index in [1.807, 2.05) is 6.92 Å². The van der Waals surface area contributed by atoms with Crippen molar-refractivity contribution in [3.63, 3.8) is 0 Å². The minimum Gasteiger partial charge on any atom is -0.492 e. The van der Waals surface area contributed by atoms with Crippen molar-refractivity contribution in [3.8, 4) is 5.75 Å². The number of hydrogen-bond donors (Lipinski definition) is 3. The van der Waals surface area contributed by atoms with Crippen molar-refractivity contribution < 1.29 is 23.4 Å². The number of hydrogen-bond acceptors (Lipinski definition) is 3. The first kappa shape index (κ1) is 17.7. The van der Waals surface area contributed by atoms with E-state index in [2.05, 4.69) is 10.6 Å². The van der Waals surface area contributed by atoms with Crippen molar-refractivity contribution in [3.05, 3.63) is 59.7 Å². The monoisotopic (exact) mass is 336 g/mol. The predicted molar refractivity (Wildman–Crippen MR) is 86.0 cm³/mol. The third-order valence-electron chi connectivity index (χ3n) is 3.22. The van der Waals surface area contributed by atoms with Crippen LogP contribution >= 0.6 is 0 Å². The van der Waals surface area contributed by atoms with Crippen LogP contribution in [0.4, 0.5) is 19.3 Å². The molecule has 0 bridgehead atoms. The summed E-state index contributed by atoms with van der Waals surface area (Å²) in [5.74, 6) is -1.24. The van der Waals surface area contributed by atoms with Gasteiger partial charge in [0.2, 0.25) is 0 Å². The van der Waals surface area contributed by atoms with Crippen LogP contribution in [-0.2, 0) is 0 Å². The Kier molecular flexibility index (Phi) is 6.08.